The standard InChI is InChI=1S/C29H41N3O7/c1-4-11-23(17-25(34)32-29(20-33)15-9-10-16-29)26(35)30-21(3)18-38-27(36)24(12-5-2)31-28(37)39-19-22-13-7-6-8-14-22/h4-8,13-14,21,23-24,33H,1-2,9-12,15-20H2,3H3,(H,30,35)(H,31,37)(H,32,34). The summed E-state index contributed by atoms with van der Waals surface area (Å²) < 4.78 is 10.5. The van der Waals surface area contributed by atoms with E-state index in [0.717, 1.165) is 18.4 Å². The van der Waals surface area contributed by atoms with Gasteiger partial charge in [0.15, 0.2) is 0 Å². The van der Waals surface area contributed by atoms with E-state index in [-0.39, 0.29) is 50.9 Å². The van der Waals surface area contributed by atoms with Crippen LogP contribution in [0.25, 0.3) is 0 Å². The summed E-state index contributed by atoms with van der Waals surface area (Å²) in [5, 5.41) is 17.9. The molecule has 4 N–H and O–H groups in total. The third kappa shape index (κ3) is 10.9. The summed E-state index contributed by atoms with van der Waals surface area (Å²) in [5.74, 6) is -2.03. The van der Waals surface area contributed by atoms with Crippen molar-refractivity contribution in [3.8, 4) is 0 Å². The fraction of sp³-hybridized carbons (Fsp3) is 0.517. The number of ether oxygens (including phenoxy) is 2. The number of amides is 3. The molecule has 0 saturated heterocycles. The second kappa shape index (κ2) is 16.3. The maximum atomic E-state index is 12.9. The van der Waals surface area contributed by atoms with Crippen LogP contribution in [0.15, 0.2) is 55.6 Å². The lowest BCUT2D eigenvalue weighted by Crippen LogP contribution is -2.50. The van der Waals surface area contributed by atoms with Crippen LogP contribution in [0.3, 0.4) is 0 Å². The molecule has 1 aliphatic rings. The summed E-state index contributed by atoms with van der Waals surface area (Å²) in [7, 11) is 0. The van der Waals surface area contributed by atoms with Crippen LogP contribution < -0.4 is 16.0 Å². The summed E-state index contributed by atoms with van der Waals surface area (Å²) in [6, 6.07) is 7.57. The Morgan fingerprint density at radius 2 is 1.69 bits per heavy atom. The van der Waals surface area contributed by atoms with Gasteiger partial charge in [-0.1, -0.05) is 55.3 Å². The molecule has 0 radical (unpaired) electrons. The zero-order valence-corrected chi connectivity index (χ0v) is 22.7. The molecule has 0 heterocycles. The van der Waals surface area contributed by atoms with E-state index in [9.17, 15) is 24.3 Å². The van der Waals surface area contributed by atoms with Crippen LogP contribution in [0, 0.1) is 5.92 Å². The monoisotopic (exact) mass is 543 g/mol. The molecule has 1 fully saturated rings. The number of rotatable bonds is 16. The first-order valence-corrected chi connectivity index (χ1v) is 13.3. The Morgan fingerprint density at radius 3 is 2.31 bits per heavy atom. The van der Waals surface area contributed by atoms with Gasteiger partial charge in [-0.2, -0.15) is 0 Å². The first-order chi connectivity index (χ1) is 18.7. The minimum Gasteiger partial charge on any atom is -0.462 e. The van der Waals surface area contributed by atoms with E-state index >= 15 is 0 Å². The van der Waals surface area contributed by atoms with E-state index in [2.05, 4.69) is 29.1 Å². The summed E-state index contributed by atoms with van der Waals surface area (Å²) >= 11 is 0. The molecule has 3 amide bonds. The minimum absolute atomic E-state index is 0.0521. The van der Waals surface area contributed by atoms with Crippen molar-refractivity contribution in [1.82, 2.24) is 16.0 Å². The van der Waals surface area contributed by atoms with Gasteiger partial charge in [-0.3, -0.25) is 9.59 Å². The van der Waals surface area contributed by atoms with Crippen molar-refractivity contribution in [2.24, 2.45) is 5.92 Å². The normalized spacial score (nSPS) is 16.2. The molecule has 1 saturated carbocycles. The summed E-state index contributed by atoms with van der Waals surface area (Å²) in [6.45, 7) is 8.73. The largest absolute Gasteiger partial charge is 0.462 e. The van der Waals surface area contributed by atoms with Crippen molar-refractivity contribution >= 4 is 23.9 Å². The maximum Gasteiger partial charge on any atom is 0.408 e. The minimum atomic E-state index is -1.000. The summed E-state index contributed by atoms with van der Waals surface area (Å²) in [6.07, 6.45) is 5.94. The molecule has 1 aromatic carbocycles. The predicted molar refractivity (Wildman–Crippen MR) is 146 cm³/mol. The van der Waals surface area contributed by atoms with Gasteiger partial charge in [0.1, 0.15) is 19.3 Å². The number of allylic oxidation sites excluding steroid dienone is 1. The topological polar surface area (TPSA) is 143 Å². The average molecular weight is 544 g/mol. The fourth-order valence-corrected chi connectivity index (χ4v) is 4.43. The van der Waals surface area contributed by atoms with Crippen molar-refractivity contribution < 1.29 is 33.8 Å². The van der Waals surface area contributed by atoms with Gasteiger partial charge in [0.25, 0.3) is 0 Å². The lowest BCUT2D eigenvalue weighted by Gasteiger charge is -2.29. The highest BCUT2D eigenvalue weighted by atomic mass is 16.6. The van der Waals surface area contributed by atoms with Crippen LogP contribution in [0.4, 0.5) is 4.79 Å². The Labute approximate surface area is 230 Å². The number of hydrogen-bond acceptors (Lipinski definition) is 7. The van der Waals surface area contributed by atoms with Gasteiger partial charge in [0.2, 0.25) is 11.8 Å². The SMILES string of the molecule is C=CCC(CC(=O)NC1(CO)CCCC1)C(=O)NC(C)COC(=O)C(CC=C)NC(=O)OCc1ccccc1. The van der Waals surface area contributed by atoms with Crippen LogP contribution in [0.5, 0.6) is 0 Å². The Balaban J connectivity index is 1.82. The van der Waals surface area contributed by atoms with E-state index in [0.29, 0.717) is 12.8 Å². The number of carbonyl (C=O) groups is 4. The molecule has 0 aliphatic heterocycles. The Kier molecular flexibility index (Phi) is 13.2. The quantitative estimate of drug-likeness (QED) is 0.185. The van der Waals surface area contributed by atoms with Gasteiger partial charge in [0, 0.05) is 6.42 Å². The number of alkyl carbamates (subject to hydrolysis) is 1. The molecule has 10 heteroatoms. The second-order valence-corrected chi connectivity index (χ2v) is 9.94. The molecule has 2 rings (SSSR count). The highest BCUT2D eigenvalue weighted by Gasteiger charge is 2.35. The van der Waals surface area contributed by atoms with Gasteiger partial charge < -0.3 is 30.5 Å². The van der Waals surface area contributed by atoms with Crippen LogP contribution in [0.2, 0.25) is 0 Å². The molecular formula is C29H41N3O7. The van der Waals surface area contributed by atoms with E-state index < -0.39 is 35.6 Å². The number of nitrogens with one attached hydrogen (secondary N) is 3. The zero-order valence-electron chi connectivity index (χ0n) is 22.7. The van der Waals surface area contributed by atoms with Crippen molar-refractivity contribution in [3.05, 3.63) is 61.2 Å². The summed E-state index contributed by atoms with van der Waals surface area (Å²) in [4.78, 5) is 50.3. The van der Waals surface area contributed by atoms with Gasteiger partial charge in [-0.25, -0.2) is 9.59 Å². The van der Waals surface area contributed by atoms with E-state index in [4.69, 9.17) is 9.47 Å². The number of carbonyl (C=O) groups excluding carboxylic acids is 4. The van der Waals surface area contributed by atoms with Gasteiger partial charge >= 0.3 is 12.1 Å². The molecule has 214 valence electrons. The van der Waals surface area contributed by atoms with Crippen molar-refractivity contribution in [2.45, 2.75) is 76.1 Å². The van der Waals surface area contributed by atoms with Gasteiger partial charge in [-0.05, 0) is 38.2 Å². The molecular weight excluding hydrogens is 502 g/mol. The second-order valence-electron chi connectivity index (χ2n) is 9.94. The Bertz CT molecular complexity index is 976. The van der Waals surface area contributed by atoms with E-state index in [1.807, 2.05) is 30.3 Å². The molecule has 0 bridgehead atoms. The fourth-order valence-electron chi connectivity index (χ4n) is 4.43. The Hall–Kier alpha value is -3.66. The number of hydrogen-bond donors (Lipinski definition) is 4. The van der Waals surface area contributed by atoms with Crippen LogP contribution in [-0.4, -0.2) is 59.8 Å². The number of aliphatic hydroxyl groups is 1. The lowest BCUT2D eigenvalue weighted by molar-refractivity contribution is -0.147. The molecule has 0 spiro atoms. The van der Waals surface area contributed by atoms with Crippen LogP contribution >= 0.6 is 0 Å². The molecule has 1 aromatic rings. The smallest absolute Gasteiger partial charge is 0.408 e. The molecule has 1 aliphatic carbocycles. The molecule has 3 atom stereocenters. The molecule has 3 unspecified atom stereocenters. The first-order valence-electron chi connectivity index (χ1n) is 13.3. The third-order valence-electron chi connectivity index (χ3n) is 6.58. The maximum absolute atomic E-state index is 12.9. The van der Waals surface area contributed by atoms with Gasteiger partial charge in [-0.15, -0.1) is 13.2 Å². The van der Waals surface area contributed by atoms with E-state index in [1.165, 1.54) is 6.08 Å². The van der Waals surface area contributed by atoms with Crippen LogP contribution in [0.1, 0.15) is 57.4 Å². The highest BCUT2D eigenvalue weighted by molar-refractivity contribution is 5.86. The first kappa shape index (κ1) is 31.6. The average Bonchev–Trinajstić information content (AvgIpc) is 3.39. The Morgan fingerprint density at radius 1 is 1.03 bits per heavy atom. The lowest BCUT2D eigenvalue weighted by atomic mass is 9.95. The number of aliphatic hydroxyl groups excluding tert-OH is 1. The van der Waals surface area contributed by atoms with Crippen molar-refractivity contribution in [2.75, 3.05) is 13.2 Å². The third-order valence-corrected chi connectivity index (χ3v) is 6.58. The number of benzene rings is 1. The highest BCUT2D eigenvalue weighted by Crippen LogP contribution is 2.29. The van der Waals surface area contributed by atoms with Gasteiger partial charge in [0.05, 0.1) is 24.1 Å². The van der Waals surface area contributed by atoms with Crippen LogP contribution in [-0.2, 0) is 30.5 Å². The summed E-state index contributed by atoms with van der Waals surface area (Å²) in [5.41, 5.74) is 0.191. The molecule has 39 heavy (non-hydrogen) atoms. The molecule has 0 aromatic heterocycles. The van der Waals surface area contributed by atoms with Crippen molar-refractivity contribution in [1.29, 1.82) is 0 Å². The van der Waals surface area contributed by atoms with Crippen molar-refractivity contribution in [3.63, 3.8) is 0 Å². The molecule has 10 nitrogen and oxygen atoms in total. The number of esters is 1. The zero-order chi connectivity index (χ0) is 28.7. The predicted octanol–water partition coefficient (Wildman–Crippen LogP) is 2.91. The van der Waals surface area contributed by atoms with E-state index in [1.54, 1.807) is 13.0 Å².